The predicted molar refractivity (Wildman–Crippen MR) is 76.7 cm³/mol. The van der Waals surface area contributed by atoms with E-state index in [9.17, 15) is 14.4 Å². The summed E-state index contributed by atoms with van der Waals surface area (Å²) in [7, 11) is 2.00. The van der Waals surface area contributed by atoms with Gasteiger partial charge in [-0.05, 0) is 26.4 Å². The molecule has 1 aliphatic heterocycles. The topological polar surface area (TPSA) is 116 Å². The van der Waals surface area contributed by atoms with Crippen LogP contribution >= 0.6 is 0 Å². The molecule has 120 valence electrons. The molecule has 1 heterocycles. The summed E-state index contributed by atoms with van der Waals surface area (Å²) in [5.41, 5.74) is 5.01. The van der Waals surface area contributed by atoms with Crippen LogP contribution in [0.2, 0.25) is 0 Å². The van der Waals surface area contributed by atoms with Crippen LogP contribution in [0.3, 0.4) is 0 Å². The molecule has 1 unspecified atom stereocenters. The fourth-order valence-electron chi connectivity index (χ4n) is 2.49. The standard InChI is InChI=1S/C13H24N4O4/c1-3-9-8-16(2)5-4-6-17(9)13(21)15-10(12(19)20)7-11(14)18/h9-10H,3-8H2,1-2H3,(H2,14,18)(H,15,21)(H,19,20)/t9?,10-/m1/s1. The molecule has 21 heavy (non-hydrogen) atoms. The van der Waals surface area contributed by atoms with Gasteiger partial charge in [-0.2, -0.15) is 0 Å². The van der Waals surface area contributed by atoms with E-state index >= 15 is 0 Å². The summed E-state index contributed by atoms with van der Waals surface area (Å²) in [5, 5.41) is 11.4. The van der Waals surface area contributed by atoms with Crippen LogP contribution in [0.1, 0.15) is 26.2 Å². The number of urea groups is 1. The van der Waals surface area contributed by atoms with Crippen LogP contribution in [0.5, 0.6) is 0 Å². The molecule has 0 aliphatic carbocycles. The highest BCUT2D eigenvalue weighted by atomic mass is 16.4. The van der Waals surface area contributed by atoms with Gasteiger partial charge in [0.2, 0.25) is 5.91 Å². The van der Waals surface area contributed by atoms with Gasteiger partial charge in [0.05, 0.1) is 6.42 Å². The Balaban J connectivity index is 2.74. The molecule has 1 saturated heterocycles. The third-order valence-electron chi connectivity index (χ3n) is 3.64. The predicted octanol–water partition coefficient (Wildman–Crippen LogP) is -0.559. The molecule has 0 saturated carbocycles. The van der Waals surface area contributed by atoms with E-state index < -0.39 is 30.4 Å². The lowest BCUT2D eigenvalue weighted by molar-refractivity contribution is -0.141. The van der Waals surface area contributed by atoms with Crippen molar-refractivity contribution in [1.82, 2.24) is 15.1 Å². The Morgan fingerprint density at radius 3 is 2.57 bits per heavy atom. The lowest BCUT2D eigenvalue weighted by Gasteiger charge is -2.31. The average Bonchev–Trinajstić information content (AvgIpc) is 2.58. The smallest absolute Gasteiger partial charge is 0.326 e. The van der Waals surface area contributed by atoms with Gasteiger partial charge in [0.1, 0.15) is 6.04 Å². The highest BCUT2D eigenvalue weighted by molar-refractivity contribution is 5.87. The number of likely N-dealkylation sites (N-methyl/N-ethyl adjacent to an activating group) is 1. The molecule has 8 heteroatoms. The van der Waals surface area contributed by atoms with E-state index in [4.69, 9.17) is 10.8 Å². The Bertz CT molecular complexity index is 402. The number of hydrogen-bond acceptors (Lipinski definition) is 4. The highest BCUT2D eigenvalue weighted by Gasteiger charge is 2.29. The Morgan fingerprint density at radius 2 is 2.05 bits per heavy atom. The van der Waals surface area contributed by atoms with Gasteiger partial charge in [0.25, 0.3) is 0 Å². The molecule has 2 atom stereocenters. The molecule has 4 N–H and O–H groups in total. The van der Waals surface area contributed by atoms with Gasteiger partial charge in [-0.3, -0.25) is 4.79 Å². The molecular formula is C13H24N4O4. The van der Waals surface area contributed by atoms with Crippen LogP contribution in [0, 0.1) is 0 Å². The number of carboxylic acid groups (broad SMARTS) is 1. The van der Waals surface area contributed by atoms with E-state index in [1.54, 1.807) is 4.90 Å². The van der Waals surface area contributed by atoms with Crippen LogP contribution in [-0.4, -0.2) is 71.6 Å². The highest BCUT2D eigenvalue weighted by Crippen LogP contribution is 2.12. The Kier molecular flexibility index (Phi) is 6.41. The monoisotopic (exact) mass is 300 g/mol. The summed E-state index contributed by atoms with van der Waals surface area (Å²) < 4.78 is 0. The van der Waals surface area contributed by atoms with Crippen molar-refractivity contribution in [2.75, 3.05) is 26.7 Å². The molecule has 0 radical (unpaired) electrons. The Labute approximate surface area is 124 Å². The first kappa shape index (κ1) is 17.2. The van der Waals surface area contributed by atoms with Crippen LogP contribution in [0.4, 0.5) is 4.79 Å². The number of carbonyl (C=O) groups excluding carboxylic acids is 2. The number of nitrogens with zero attached hydrogens (tertiary/aromatic N) is 2. The summed E-state index contributed by atoms with van der Waals surface area (Å²) in [6.07, 6.45) is 1.20. The van der Waals surface area contributed by atoms with Crippen LogP contribution < -0.4 is 11.1 Å². The quantitative estimate of drug-likeness (QED) is 0.629. The number of amides is 3. The number of carbonyl (C=O) groups is 3. The third-order valence-corrected chi connectivity index (χ3v) is 3.64. The summed E-state index contributed by atoms with van der Waals surface area (Å²) in [5.74, 6) is -2.02. The first-order chi connectivity index (χ1) is 9.85. The van der Waals surface area contributed by atoms with Crippen molar-refractivity contribution in [3.05, 3.63) is 0 Å². The zero-order chi connectivity index (χ0) is 16.0. The summed E-state index contributed by atoms with van der Waals surface area (Å²) in [4.78, 5) is 38.1. The SMILES string of the molecule is CCC1CN(C)CCCN1C(=O)N[C@H](CC(N)=O)C(=O)O. The van der Waals surface area contributed by atoms with Gasteiger partial charge < -0.3 is 26.0 Å². The van der Waals surface area contributed by atoms with Gasteiger partial charge in [-0.15, -0.1) is 0 Å². The van der Waals surface area contributed by atoms with E-state index in [0.29, 0.717) is 6.54 Å². The number of hydrogen-bond donors (Lipinski definition) is 3. The second kappa shape index (κ2) is 7.82. The first-order valence-corrected chi connectivity index (χ1v) is 7.12. The summed E-state index contributed by atoms with van der Waals surface area (Å²) in [6, 6.07) is -1.71. The number of primary amides is 1. The molecular weight excluding hydrogens is 276 g/mol. The second-order valence-electron chi connectivity index (χ2n) is 5.38. The van der Waals surface area contributed by atoms with Crippen molar-refractivity contribution in [2.45, 2.75) is 38.3 Å². The molecule has 1 rings (SSSR count). The Hall–Kier alpha value is -1.83. The second-order valence-corrected chi connectivity index (χ2v) is 5.38. The number of rotatable bonds is 5. The van der Waals surface area contributed by atoms with E-state index in [-0.39, 0.29) is 6.04 Å². The summed E-state index contributed by atoms with van der Waals surface area (Å²) in [6.45, 7) is 4.20. The minimum Gasteiger partial charge on any atom is -0.480 e. The van der Waals surface area contributed by atoms with E-state index in [1.165, 1.54) is 0 Å². The van der Waals surface area contributed by atoms with Crippen molar-refractivity contribution in [2.24, 2.45) is 5.73 Å². The van der Waals surface area contributed by atoms with Crippen LogP contribution in [-0.2, 0) is 9.59 Å². The largest absolute Gasteiger partial charge is 0.480 e. The average molecular weight is 300 g/mol. The van der Waals surface area contributed by atoms with Crippen molar-refractivity contribution < 1.29 is 19.5 Å². The molecule has 0 bridgehead atoms. The van der Waals surface area contributed by atoms with Gasteiger partial charge in [0, 0.05) is 19.1 Å². The zero-order valence-electron chi connectivity index (χ0n) is 12.5. The van der Waals surface area contributed by atoms with Crippen molar-refractivity contribution >= 4 is 17.9 Å². The van der Waals surface area contributed by atoms with Crippen molar-refractivity contribution in [1.29, 1.82) is 0 Å². The van der Waals surface area contributed by atoms with Gasteiger partial charge >= 0.3 is 12.0 Å². The molecule has 0 spiro atoms. The minimum atomic E-state index is -1.28. The third kappa shape index (κ3) is 5.22. The maximum Gasteiger partial charge on any atom is 0.326 e. The molecule has 0 aromatic rings. The fraction of sp³-hybridized carbons (Fsp3) is 0.769. The van der Waals surface area contributed by atoms with Gasteiger partial charge in [0.15, 0.2) is 0 Å². The van der Waals surface area contributed by atoms with Crippen molar-refractivity contribution in [3.63, 3.8) is 0 Å². The molecule has 3 amide bonds. The number of nitrogens with two attached hydrogens (primary N) is 1. The lowest BCUT2D eigenvalue weighted by atomic mass is 10.2. The van der Waals surface area contributed by atoms with E-state index in [2.05, 4.69) is 10.2 Å². The minimum absolute atomic E-state index is 0.0283. The molecule has 8 nitrogen and oxygen atoms in total. The summed E-state index contributed by atoms with van der Waals surface area (Å²) >= 11 is 0. The maximum absolute atomic E-state index is 12.3. The van der Waals surface area contributed by atoms with E-state index in [0.717, 1.165) is 25.9 Å². The lowest BCUT2D eigenvalue weighted by Crippen LogP contribution is -2.53. The van der Waals surface area contributed by atoms with Gasteiger partial charge in [-0.25, -0.2) is 9.59 Å². The Morgan fingerprint density at radius 1 is 1.38 bits per heavy atom. The molecule has 1 fully saturated rings. The number of nitrogens with one attached hydrogen (secondary N) is 1. The van der Waals surface area contributed by atoms with Crippen LogP contribution in [0.25, 0.3) is 0 Å². The normalized spacial score (nSPS) is 21.4. The zero-order valence-corrected chi connectivity index (χ0v) is 12.5. The first-order valence-electron chi connectivity index (χ1n) is 7.12. The van der Waals surface area contributed by atoms with E-state index in [1.807, 2.05) is 14.0 Å². The molecule has 1 aliphatic rings. The molecule has 0 aromatic heterocycles. The maximum atomic E-state index is 12.3. The van der Waals surface area contributed by atoms with Gasteiger partial charge in [-0.1, -0.05) is 6.92 Å². The van der Waals surface area contributed by atoms with Crippen molar-refractivity contribution in [3.8, 4) is 0 Å². The molecule has 0 aromatic carbocycles. The number of carboxylic acids is 1. The number of aliphatic carboxylic acids is 1. The van der Waals surface area contributed by atoms with Crippen LogP contribution in [0.15, 0.2) is 0 Å². The fourth-order valence-corrected chi connectivity index (χ4v) is 2.49.